The van der Waals surface area contributed by atoms with E-state index in [4.69, 9.17) is 9.84 Å². The summed E-state index contributed by atoms with van der Waals surface area (Å²) in [6, 6.07) is 17.8. The first-order chi connectivity index (χ1) is 11.3. The van der Waals surface area contributed by atoms with E-state index in [0.717, 1.165) is 22.8 Å². The van der Waals surface area contributed by atoms with Gasteiger partial charge in [0.15, 0.2) is 5.82 Å². The van der Waals surface area contributed by atoms with Crippen molar-refractivity contribution in [3.8, 4) is 22.8 Å². The van der Waals surface area contributed by atoms with Crippen LogP contribution in [0.2, 0.25) is 0 Å². The quantitative estimate of drug-likeness (QED) is 0.783. The lowest BCUT2D eigenvalue weighted by Gasteiger charge is -2.07. The van der Waals surface area contributed by atoms with E-state index in [2.05, 4.69) is 9.98 Å². The highest BCUT2D eigenvalue weighted by atomic mass is 32.1. The van der Waals surface area contributed by atoms with Gasteiger partial charge in [0.25, 0.3) is 0 Å². The molecule has 2 aromatic carbocycles. The molecule has 0 aliphatic carbocycles. The van der Waals surface area contributed by atoms with E-state index in [9.17, 15) is 0 Å². The highest BCUT2D eigenvalue weighted by Crippen LogP contribution is 2.23. The Bertz CT molecular complexity index is 823. The molecule has 0 unspecified atom stereocenters. The summed E-state index contributed by atoms with van der Waals surface area (Å²) >= 11 is 1.45. The lowest BCUT2D eigenvalue weighted by Crippen LogP contribution is -2.01. The van der Waals surface area contributed by atoms with Crippen LogP contribution in [0.3, 0.4) is 0 Å². The van der Waals surface area contributed by atoms with Crippen molar-refractivity contribution >= 4 is 11.5 Å². The van der Waals surface area contributed by atoms with Crippen LogP contribution in [0.4, 0.5) is 0 Å². The molecule has 6 heteroatoms. The van der Waals surface area contributed by atoms with Crippen molar-refractivity contribution in [3.63, 3.8) is 0 Å². The first-order valence-corrected chi connectivity index (χ1v) is 8.01. The van der Waals surface area contributed by atoms with E-state index in [-0.39, 0.29) is 6.61 Å². The second kappa shape index (κ2) is 7.21. The van der Waals surface area contributed by atoms with Crippen LogP contribution < -0.4 is 9.54 Å². The SMILES string of the molecule is COc1ccc(-n2s/c(=N\CCO)nc2-c2ccccc2)cc1. The number of nitrogens with zero attached hydrogens (tertiary/aromatic N) is 3. The third-order valence-electron chi connectivity index (χ3n) is 3.25. The molecule has 3 rings (SSSR count). The van der Waals surface area contributed by atoms with Crippen LogP contribution in [0.5, 0.6) is 5.75 Å². The first kappa shape index (κ1) is 15.5. The molecule has 0 bridgehead atoms. The Labute approximate surface area is 138 Å². The summed E-state index contributed by atoms with van der Waals surface area (Å²) in [6.45, 7) is 0.368. The Balaban J connectivity index is 2.11. The molecule has 118 valence electrons. The van der Waals surface area contributed by atoms with Crippen LogP contribution in [0, 0.1) is 0 Å². The molecule has 1 heterocycles. The van der Waals surface area contributed by atoms with E-state index in [1.54, 1.807) is 7.11 Å². The van der Waals surface area contributed by atoms with Crippen LogP contribution in [0.25, 0.3) is 17.1 Å². The highest BCUT2D eigenvalue weighted by Gasteiger charge is 2.10. The maximum atomic E-state index is 8.96. The summed E-state index contributed by atoms with van der Waals surface area (Å²) in [5, 5.41) is 8.96. The van der Waals surface area contributed by atoms with Gasteiger partial charge in [0.1, 0.15) is 5.75 Å². The molecule has 1 aromatic heterocycles. The van der Waals surface area contributed by atoms with Crippen molar-refractivity contribution in [1.82, 2.24) is 8.94 Å². The van der Waals surface area contributed by atoms with Crippen LogP contribution in [-0.4, -0.2) is 34.3 Å². The molecule has 0 saturated carbocycles. The third kappa shape index (κ3) is 3.49. The molecular formula is C17H17N3O2S. The number of methoxy groups -OCH3 is 1. The van der Waals surface area contributed by atoms with Crippen LogP contribution >= 0.6 is 11.5 Å². The average molecular weight is 327 g/mol. The first-order valence-electron chi connectivity index (χ1n) is 7.23. The number of ether oxygens (including phenoxy) is 1. The minimum atomic E-state index is 0.0167. The Morgan fingerprint density at radius 3 is 2.52 bits per heavy atom. The minimum absolute atomic E-state index is 0.0167. The Morgan fingerprint density at radius 2 is 1.87 bits per heavy atom. The van der Waals surface area contributed by atoms with Crippen LogP contribution in [0.15, 0.2) is 59.6 Å². The van der Waals surface area contributed by atoms with Gasteiger partial charge in [0, 0.05) is 5.56 Å². The molecule has 0 aliphatic heterocycles. The maximum Gasteiger partial charge on any atom is 0.223 e. The molecule has 0 saturated heterocycles. The van der Waals surface area contributed by atoms with Gasteiger partial charge in [0.2, 0.25) is 4.80 Å². The van der Waals surface area contributed by atoms with Gasteiger partial charge in [-0.2, -0.15) is 4.98 Å². The zero-order chi connectivity index (χ0) is 16.1. The van der Waals surface area contributed by atoms with Gasteiger partial charge in [-0.1, -0.05) is 30.3 Å². The second-order valence-corrected chi connectivity index (χ2v) is 5.69. The number of aliphatic hydroxyl groups excluding tert-OH is 1. The summed E-state index contributed by atoms with van der Waals surface area (Å²) in [5.74, 6) is 1.64. The number of aromatic nitrogens is 2. The Morgan fingerprint density at radius 1 is 1.13 bits per heavy atom. The molecule has 3 aromatic rings. The highest BCUT2D eigenvalue weighted by molar-refractivity contribution is 7.04. The molecular weight excluding hydrogens is 310 g/mol. The average Bonchev–Trinajstić information content (AvgIpc) is 3.05. The Hall–Kier alpha value is -2.44. The van der Waals surface area contributed by atoms with Gasteiger partial charge in [-0.3, -0.25) is 4.99 Å². The number of rotatable bonds is 5. The zero-order valence-electron chi connectivity index (χ0n) is 12.7. The van der Waals surface area contributed by atoms with Crippen molar-refractivity contribution in [2.45, 2.75) is 0 Å². The van der Waals surface area contributed by atoms with Crippen molar-refractivity contribution in [1.29, 1.82) is 0 Å². The number of hydrogen-bond acceptors (Lipinski definition) is 5. The monoisotopic (exact) mass is 327 g/mol. The maximum absolute atomic E-state index is 8.96. The smallest absolute Gasteiger partial charge is 0.223 e. The van der Waals surface area contributed by atoms with Crippen LogP contribution in [0.1, 0.15) is 0 Å². The van der Waals surface area contributed by atoms with Gasteiger partial charge in [-0.25, -0.2) is 3.96 Å². The van der Waals surface area contributed by atoms with Crippen LogP contribution in [-0.2, 0) is 0 Å². The molecule has 23 heavy (non-hydrogen) atoms. The Kier molecular flexibility index (Phi) is 4.85. The van der Waals surface area contributed by atoms with E-state index >= 15 is 0 Å². The lowest BCUT2D eigenvalue weighted by atomic mass is 10.2. The van der Waals surface area contributed by atoms with E-state index in [1.807, 2.05) is 58.6 Å². The van der Waals surface area contributed by atoms with Gasteiger partial charge < -0.3 is 9.84 Å². The number of hydrogen-bond donors (Lipinski definition) is 1. The normalized spacial score (nSPS) is 11.7. The van der Waals surface area contributed by atoms with Gasteiger partial charge in [-0.05, 0) is 35.8 Å². The largest absolute Gasteiger partial charge is 0.497 e. The predicted octanol–water partition coefficient (Wildman–Crippen LogP) is 2.50. The summed E-state index contributed by atoms with van der Waals surface area (Å²) in [7, 11) is 1.65. The molecule has 0 atom stereocenters. The van der Waals surface area contributed by atoms with Crippen molar-refractivity contribution in [3.05, 3.63) is 59.4 Å². The fourth-order valence-corrected chi connectivity index (χ4v) is 3.05. The fraction of sp³-hybridized carbons (Fsp3) is 0.176. The molecule has 5 nitrogen and oxygen atoms in total. The lowest BCUT2D eigenvalue weighted by molar-refractivity contribution is 0.305. The molecule has 1 N–H and O–H groups in total. The standard InChI is InChI=1S/C17H17N3O2S/c1-22-15-9-7-14(8-10-15)20-16(13-5-3-2-4-6-13)19-17(23-20)18-11-12-21/h2-10,21H,11-12H2,1H3/b18-17-. The second-order valence-electron chi connectivity index (χ2n) is 4.77. The zero-order valence-corrected chi connectivity index (χ0v) is 13.5. The van der Waals surface area contributed by atoms with Gasteiger partial charge in [-0.15, -0.1) is 0 Å². The minimum Gasteiger partial charge on any atom is -0.497 e. The van der Waals surface area contributed by atoms with Gasteiger partial charge in [0.05, 0.1) is 25.9 Å². The van der Waals surface area contributed by atoms with Crippen molar-refractivity contribution in [2.24, 2.45) is 4.99 Å². The molecule has 0 spiro atoms. The van der Waals surface area contributed by atoms with Crippen molar-refractivity contribution < 1.29 is 9.84 Å². The summed E-state index contributed by atoms with van der Waals surface area (Å²) in [4.78, 5) is 9.56. The molecule has 0 amide bonds. The van der Waals surface area contributed by atoms with E-state index in [1.165, 1.54) is 11.5 Å². The van der Waals surface area contributed by atoms with E-state index < -0.39 is 0 Å². The molecule has 0 radical (unpaired) electrons. The summed E-state index contributed by atoms with van der Waals surface area (Å²) < 4.78 is 7.24. The third-order valence-corrected chi connectivity index (χ3v) is 4.20. The van der Waals surface area contributed by atoms with Gasteiger partial charge >= 0.3 is 0 Å². The predicted molar refractivity (Wildman–Crippen MR) is 90.9 cm³/mol. The number of benzene rings is 2. The van der Waals surface area contributed by atoms with E-state index in [0.29, 0.717) is 11.3 Å². The summed E-state index contributed by atoms with van der Waals surface area (Å²) in [5.41, 5.74) is 2.01. The molecule has 0 fully saturated rings. The molecule has 0 aliphatic rings. The number of aliphatic hydroxyl groups is 1. The topological polar surface area (TPSA) is 59.6 Å². The van der Waals surface area contributed by atoms with Crippen molar-refractivity contribution in [2.75, 3.05) is 20.3 Å². The summed E-state index contributed by atoms with van der Waals surface area (Å²) in [6.07, 6.45) is 0. The fourth-order valence-electron chi connectivity index (χ4n) is 2.15.